The van der Waals surface area contributed by atoms with Crippen LogP contribution in [-0.4, -0.2) is 38.0 Å². The van der Waals surface area contributed by atoms with Crippen LogP contribution in [0, 0.1) is 0 Å². The zero-order valence-corrected chi connectivity index (χ0v) is 16.5. The molecule has 1 heterocycles. The number of sulfonamides is 1. The Hall–Kier alpha value is -2.45. The molecule has 8 heteroatoms. The third-order valence-electron chi connectivity index (χ3n) is 4.19. The molecule has 0 radical (unpaired) electrons. The van der Waals surface area contributed by atoms with E-state index in [1.54, 1.807) is 18.4 Å². The van der Waals surface area contributed by atoms with Crippen LogP contribution >= 0.6 is 0 Å². The normalized spacial score (nSPS) is 12.7. The van der Waals surface area contributed by atoms with Gasteiger partial charge in [-0.15, -0.1) is 0 Å². The lowest BCUT2D eigenvalue weighted by atomic mass is 10.2. The molecule has 0 aliphatic carbocycles. The lowest BCUT2D eigenvalue weighted by Gasteiger charge is -2.17. The molecule has 1 aromatic carbocycles. The van der Waals surface area contributed by atoms with Crippen LogP contribution in [0.3, 0.4) is 0 Å². The Morgan fingerprint density at radius 3 is 2.41 bits per heavy atom. The number of Topliss-reactive ketones (excluding diaryl/α,β-unsaturated/α-hetero) is 1. The predicted molar refractivity (Wildman–Crippen MR) is 101 cm³/mol. The van der Waals surface area contributed by atoms with E-state index in [2.05, 4.69) is 5.32 Å². The van der Waals surface area contributed by atoms with E-state index in [0.29, 0.717) is 17.7 Å². The van der Waals surface area contributed by atoms with Crippen molar-refractivity contribution >= 4 is 21.7 Å². The summed E-state index contributed by atoms with van der Waals surface area (Å²) in [7, 11) is -2.19. The topological polar surface area (TPSA) is 96.7 Å². The fourth-order valence-corrected chi connectivity index (χ4v) is 3.76. The van der Waals surface area contributed by atoms with Crippen molar-refractivity contribution < 1.29 is 22.4 Å². The summed E-state index contributed by atoms with van der Waals surface area (Å²) in [5.74, 6) is 0.370. The summed E-state index contributed by atoms with van der Waals surface area (Å²) in [4.78, 5) is 23.4. The Morgan fingerprint density at radius 2 is 1.85 bits per heavy atom. The van der Waals surface area contributed by atoms with E-state index in [1.807, 2.05) is 6.92 Å². The maximum Gasteiger partial charge on any atom is 0.242 e. The summed E-state index contributed by atoms with van der Waals surface area (Å²) in [6, 6.07) is 9.11. The highest BCUT2D eigenvalue weighted by Gasteiger charge is 2.21. The van der Waals surface area contributed by atoms with Gasteiger partial charge >= 0.3 is 0 Å². The Kier molecular flexibility index (Phi) is 6.92. The number of amides is 1. The molecule has 1 N–H and O–H groups in total. The highest BCUT2D eigenvalue weighted by molar-refractivity contribution is 7.89. The van der Waals surface area contributed by atoms with Crippen LogP contribution in [0.25, 0.3) is 0 Å². The van der Waals surface area contributed by atoms with Crippen LogP contribution in [0.2, 0.25) is 0 Å². The monoisotopic (exact) mass is 392 g/mol. The van der Waals surface area contributed by atoms with E-state index in [-0.39, 0.29) is 35.6 Å². The minimum Gasteiger partial charge on any atom is -0.467 e. The number of carbonyl (C=O) groups is 2. The van der Waals surface area contributed by atoms with Crippen LogP contribution < -0.4 is 5.32 Å². The van der Waals surface area contributed by atoms with Gasteiger partial charge in [-0.2, -0.15) is 0 Å². The molecule has 27 heavy (non-hydrogen) atoms. The first-order chi connectivity index (χ1) is 12.7. The van der Waals surface area contributed by atoms with Crippen molar-refractivity contribution in [2.24, 2.45) is 0 Å². The van der Waals surface area contributed by atoms with Gasteiger partial charge in [0.1, 0.15) is 5.76 Å². The number of benzene rings is 1. The Morgan fingerprint density at radius 1 is 1.19 bits per heavy atom. The number of nitrogens with one attached hydrogen (secondary N) is 1. The fraction of sp³-hybridized carbons (Fsp3) is 0.368. The number of hydrogen-bond donors (Lipinski definition) is 1. The molecule has 0 saturated carbocycles. The van der Waals surface area contributed by atoms with Crippen LogP contribution in [-0.2, 0) is 14.8 Å². The summed E-state index contributed by atoms with van der Waals surface area (Å²) in [5.41, 5.74) is 0.457. The Labute approximate surface area is 159 Å². The van der Waals surface area contributed by atoms with Gasteiger partial charge in [0.2, 0.25) is 15.9 Å². The highest BCUT2D eigenvalue weighted by atomic mass is 32.2. The molecule has 2 aromatic rings. The summed E-state index contributed by atoms with van der Waals surface area (Å²) >= 11 is 0. The smallest absolute Gasteiger partial charge is 0.242 e. The molecule has 0 spiro atoms. The van der Waals surface area contributed by atoms with E-state index in [0.717, 1.165) is 0 Å². The highest BCUT2D eigenvalue weighted by Crippen LogP contribution is 2.16. The predicted octanol–water partition coefficient (Wildman–Crippen LogP) is 2.76. The molecule has 0 aliphatic heterocycles. The summed E-state index contributed by atoms with van der Waals surface area (Å²) in [6.45, 7) is 3.45. The van der Waals surface area contributed by atoms with E-state index < -0.39 is 10.0 Å². The van der Waals surface area contributed by atoms with Crippen molar-refractivity contribution in [1.82, 2.24) is 9.62 Å². The number of nitrogens with zero attached hydrogens (tertiary/aromatic N) is 1. The maximum atomic E-state index is 12.6. The van der Waals surface area contributed by atoms with Gasteiger partial charge in [0.05, 0.1) is 17.2 Å². The van der Waals surface area contributed by atoms with Crippen molar-refractivity contribution in [2.45, 2.75) is 37.6 Å². The largest absolute Gasteiger partial charge is 0.467 e. The SMILES string of the molecule is CC(=O)c1ccc(S(=O)(=O)N(C)CCCC(=O)NC(C)c2ccco2)cc1. The molecule has 1 amide bonds. The van der Waals surface area contributed by atoms with Crippen LogP contribution in [0.1, 0.15) is 48.8 Å². The molecule has 1 aromatic heterocycles. The molecule has 0 fully saturated rings. The van der Waals surface area contributed by atoms with Gasteiger partial charge in [0, 0.05) is 25.6 Å². The first kappa shape index (κ1) is 20.9. The first-order valence-corrected chi connectivity index (χ1v) is 10.1. The molecular formula is C19H24N2O5S. The third kappa shape index (κ3) is 5.51. The van der Waals surface area contributed by atoms with Gasteiger partial charge in [-0.25, -0.2) is 12.7 Å². The van der Waals surface area contributed by atoms with Crippen LogP contribution in [0.15, 0.2) is 52.0 Å². The standard InChI is InChI=1S/C19H24N2O5S/c1-14(18-6-5-13-26-18)20-19(23)7-4-12-21(3)27(24,25)17-10-8-16(9-11-17)15(2)22/h5-6,8-11,13-14H,4,7,12H2,1-3H3,(H,20,23). The van der Waals surface area contributed by atoms with Crippen molar-refractivity contribution in [3.8, 4) is 0 Å². The van der Waals surface area contributed by atoms with E-state index in [4.69, 9.17) is 4.42 Å². The average Bonchev–Trinajstić information content (AvgIpc) is 3.16. The Bertz CT molecular complexity index is 873. The average molecular weight is 392 g/mol. The number of furan rings is 1. The fourth-order valence-electron chi connectivity index (χ4n) is 2.55. The summed E-state index contributed by atoms with van der Waals surface area (Å²) in [5, 5.41) is 2.81. The minimum atomic E-state index is -3.66. The molecule has 1 unspecified atom stereocenters. The lowest BCUT2D eigenvalue weighted by Crippen LogP contribution is -2.30. The minimum absolute atomic E-state index is 0.117. The Balaban J connectivity index is 1.85. The van der Waals surface area contributed by atoms with Gasteiger partial charge in [0.25, 0.3) is 0 Å². The molecule has 1 atom stereocenters. The number of rotatable bonds is 9. The number of hydrogen-bond acceptors (Lipinski definition) is 5. The van der Waals surface area contributed by atoms with Crippen molar-refractivity contribution in [3.63, 3.8) is 0 Å². The van der Waals surface area contributed by atoms with Crippen molar-refractivity contribution in [2.75, 3.05) is 13.6 Å². The van der Waals surface area contributed by atoms with Gasteiger partial charge in [-0.1, -0.05) is 12.1 Å². The summed E-state index contributed by atoms with van der Waals surface area (Å²) < 4.78 is 31.5. The molecule has 0 bridgehead atoms. The third-order valence-corrected chi connectivity index (χ3v) is 6.06. The molecule has 2 rings (SSSR count). The maximum absolute atomic E-state index is 12.6. The van der Waals surface area contributed by atoms with Gasteiger partial charge in [0.15, 0.2) is 5.78 Å². The second-order valence-electron chi connectivity index (χ2n) is 6.32. The van der Waals surface area contributed by atoms with E-state index >= 15 is 0 Å². The van der Waals surface area contributed by atoms with Crippen molar-refractivity contribution in [1.29, 1.82) is 0 Å². The van der Waals surface area contributed by atoms with Gasteiger partial charge < -0.3 is 9.73 Å². The molecule has 0 aliphatic rings. The first-order valence-electron chi connectivity index (χ1n) is 8.62. The zero-order valence-electron chi connectivity index (χ0n) is 15.6. The quantitative estimate of drug-likeness (QED) is 0.662. The molecule has 146 valence electrons. The lowest BCUT2D eigenvalue weighted by molar-refractivity contribution is -0.122. The second-order valence-corrected chi connectivity index (χ2v) is 8.36. The van der Waals surface area contributed by atoms with Gasteiger partial charge in [-0.3, -0.25) is 9.59 Å². The number of ketones is 1. The van der Waals surface area contributed by atoms with Crippen molar-refractivity contribution in [3.05, 3.63) is 54.0 Å². The van der Waals surface area contributed by atoms with Crippen LogP contribution in [0.5, 0.6) is 0 Å². The second kappa shape index (κ2) is 8.96. The van der Waals surface area contributed by atoms with E-state index in [1.165, 1.54) is 42.5 Å². The number of carbonyl (C=O) groups excluding carboxylic acids is 2. The molecule has 7 nitrogen and oxygen atoms in total. The zero-order chi connectivity index (χ0) is 20.0. The van der Waals surface area contributed by atoms with E-state index in [9.17, 15) is 18.0 Å². The van der Waals surface area contributed by atoms with Crippen LogP contribution in [0.4, 0.5) is 0 Å². The summed E-state index contributed by atoms with van der Waals surface area (Å²) in [6.07, 6.45) is 2.13. The molecule has 0 saturated heterocycles. The molecular weight excluding hydrogens is 368 g/mol. The van der Waals surface area contributed by atoms with Gasteiger partial charge in [-0.05, 0) is 44.5 Å².